The highest BCUT2D eigenvalue weighted by Gasteiger charge is 2.41. The highest BCUT2D eigenvalue weighted by atomic mass is 16.5. The Balaban J connectivity index is 1.57. The summed E-state index contributed by atoms with van der Waals surface area (Å²) in [5.74, 6) is 0.521. The van der Waals surface area contributed by atoms with Crippen LogP contribution in [0.2, 0.25) is 0 Å². The van der Waals surface area contributed by atoms with Gasteiger partial charge in [0.15, 0.2) is 0 Å². The molecule has 6 heteroatoms. The van der Waals surface area contributed by atoms with Crippen LogP contribution in [0.4, 0.5) is 0 Å². The van der Waals surface area contributed by atoms with Gasteiger partial charge in [0, 0.05) is 13.2 Å². The van der Waals surface area contributed by atoms with Crippen molar-refractivity contribution in [2.45, 2.75) is 75.2 Å². The van der Waals surface area contributed by atoms with Crippen LogP contribution in [0.15, 0.2) is 24.5 Å². The Bertz CT molecular complexity index is 574. The molecule has 1 aromatic heterocycles. The minimum atomic E-state index is -0.876. The lowest BCUT2D eigenvalue weighted by Gasteiger charge is -2.35. The van der Waals surface area contributed by atoms with Gasteiger partial charge in [-0.05, 0) is 37.8 Å². The number of aliphatic hydroxyl groups excluding tert-OH is 1. The van der Waals surface area contributed by atoms with Crippen molar-refractivity contribution in [2.75, 3.05) is 7.05 Å². The normalized spacial score (nSPS) is 28.5. The molecule has 2 aliphatic carbocycles. The van der Waals surface area contributed by atoms with Crippen molar-refractivity contribution >= 4 is 5.91 Å². The lowest BCUT2D eigenvalue weighted by molar-refractivity contribution is -0.140. The van der Waals surface area contributed by atoms with Crippen molar-refractivity contribution in [2.24, 2.45) is 0 Å². The Morgan fingerprint density at radius 2 is 2.12 bits per heavy atom. The number of aliphatic hydroxyl groups is 2. The minimum Gasteiger partial charge on any atom is -0.486 e. The predicted molar refractivity (Wildman–Crippen MR) is 93.1 cm³/mol. The number of aromatic nitrogens is 1. The van der Waals surface area contributed by atoms with Gasteiger partial charge in [0.2, 0.25) is 5.91 Å². The molecule has 25 heavy (non-hydrogen) atoms. The van der Waals surface area contributed by atoms with Crippen molar-refractivity contribution in [3.05, 3.63) is 24.5 Å². The Morgan fingerprint density at radius 1 is 1.36 bits per heavy atom. The van der Waals surface area contributed by atoms with Crippen molar-refractivity contribution in [1.29, 1.82) is 0 Å². The van der Waals surface area contributed by atoms with Crippen LogP contribution in [0.1, 0.15) is 51.4 Å². The van der Waals surface area contributed by atoms with E-state index in [0.717, 1.165) is 19.3 Å². The summed E-state index contributed by atoms with van der Waals surface area (Å²) in [5.41, 5.74) is -0.876. The Morgan fingerprint density at radius 3 is 2.80 bits per heavy atom. The van der Waals surface area contributed by atoms with Crippen LogP contribution in [0.3, 0.4) is 0 Å². The number of carbonyl (C=O) groups excluding carboxylic acids is 1. The van der Waals surface area contributed by atoms with E-state index in [0.29, 0.717) is 31.4 Å². The molecule has 1 amide bonds. The zero-order valence-corrected chi connectivity index (χ0v) is 14.8. The van der Waals surface area contributed by atoms with E-state index in [4.69, 9.17) is 4.74 Å². The molecule has 2 fully saturated rings. The first-order valence-electron chi connectivity index (χ1n) is 9.21. The highest BCUT2D eigenvalue weighted by molar-refractivity contribution is 5.77. The summed E-state index contributed by atoms with van der Waals surface area (Å²) in [6, 6.07) is 3.32. The fraction of sp³-hybridized carbons (Fsp3) is 0.684. The van der Waals surface area contributed by atoms with Crippen LogP contribution in [0, 0.1) is 0 Å². The van der Waals surface area contributed by atoms with Gasteiger partial charge in [-0.3, -0.25) is 9.78 Å². The molecular weight excluding hydrogens is 320 g/mol. The van der Waals surface area contributed by atoms with Crippen LogP contribution in [-0.2, 0) is 4.79 Å². The summed E-state index contributed by atoms with van der Waals surface area (Å²) in [6.45, 7) is 0. The molecule has 2 saturated carbocycles. The number of rotatable bonds is 5. The molecule has 3 atom stereocenters. The summed E-state index contributed by atoms with van der Waals surface area (Å²) >= 11 is 0. The largest absolute Gasteiger partial charge is 0.486 e. The third-order valence-electron chi connectivity index (χ3n) is 5.60. The average Bonchev–Trinajstić information content (AvgIpc) is 2.96. The summed E-state index contributed by atoms with van der Waals surface area (Å²) in [7, 11) is 1.72. The van der Waals surface area contributed by atoms with Gasteiger partial charge in [-0.1, -0.05) is 19.3 Å². The number of likely N-dealkylation sites (N-methyl/N-ethyl adjacent to an activating group) is 1. The topological polar surface area (TPSA) is 82.9 Å². The molecule has 2 N–H and O–H groups in total. The maximum Gasteiger partial charge on any atom is 0.225 e. The molecule has 1 heterocycles. The molecule has 138 valence electrons. The SMILES string of the molecule is CN(C(=O)CC1(O)CCCCC1)[C@@H]1CC[C@@H](Oc2cccnc2)[C@@H]1O. The van der Waals surface area contributed by atoms with Gasteiger partial charge in [-0.15, -0.1) is 0 Å². The number of amides is 1. The standard InChI is InChI=1S/C19H28N2O4/c1-21(17(22)12-19(24)9-3-2-4-10-19)15-7-8-16(18(15)23)25-14-6-5-11-20-13-14/h5-6,11,13,15-16,18,23-24H,2-4,7-10,12H2,1H3/t15-,16-,18-/m1/s1. The fourth-order valence-corrected chi connectivity index (χ4v) is 4.05. The van der Waals surface area contributed by atoms with Crippen LogP contribution in [0.25, 0.3) is 0 Å². The molecule has 0 saturated heterocycles. The van der Waals surface area contributed by atoms with E-state index in [9.17, 15) is 15.0 Å². The van der Waals surface area contributed by atoms with Crippen molar-refractivity contribution in [1.82, 2.24) is 9.88 Å². The molecule has 0 unspecified atom stereocenters. The van der Waals surface area contributed by atoms with Gasteiger partial charge in [0.1, 0.15) is 18.0 Å². The number of nitrogens with zero attached hydrogens (tertiary/aromatic N) is 2. The molecule has 0 spiro atoms. The lowest BCUT2D eigenvalue weighted by Crippen LogP contribution is -2.48. The molecule has 1 aromatic rings. The monoisotopic (exact) mass is 348 g/mol. The van der Waals surface area contributed by atoms with Gasteiger partial charge in [-0.2, -0.15) is 0 Å². The smallest absolute Gasteiger partial charge is 0.225 e. The second-order valence-corrected chi connectivity index (χ2v) is 7.45. The summed E-state index contributed by atoms with van der Waals surface area (Å²) in [6.07, 6.45) is 8.16. The predicted octanol–water partition coefficient (Wildman–Crippen LogP) is 1.90. The van der Waals surface area contributed by atoms with E-state index < -0.39 is 11.7 Å². The number of hydrogen-bond donors (Lipinski definition) is 2. The van der Waals surface area contributed by atoms with Gasteiger partial charge in [0.05, 0.1) is 24.3 Å². The first-order valence-corrected chi connectivity index (χ1v) is 9.21. The van der Waals surface area contributed by atoms with Crippen LogP contribution < -0.4 is 4.74 Å². The third kappa shape index (κ3) is 4.30. The second kappa shape index (κ2) is 7.70. The van der Waals surface area contributed by atoms with E-state index in [2.05, 4.69) is 4.98 Å². The fourth-order valence-electron chi connectivity index (χ4n) is 4.05. The number of carbonyl (C=O) groups is 1. The molecule has 0 aliphatic heterocycles. The van der Waals surface area contributed by atoms with Crippen LogP contribution in [0.5, 0.6) is 5.75 Å². The third-order valence-corrected chi connectivity index (χ3v) is 5.60. The molecule has 0 bridgehead atoms. The highest BCUT2D eigenvalue weighted by Crippen LogP contribution is 2.33. The molecule has 2 aliphatic rings. The maximum absolute atomic E-state index is 12.6. The number of ether oxygens (including phenoxy) is 1. The number of pyridine rings is 1. The Labute approximate surface area is 148 Å². The van der Waals surface area contributed by atoms with Crippen LogP contribution >= 0.6 is 0 Å². The van der Waals surface area contributed by atoms with E-state index in [1.165, 1.54) is 0 Å². The molecule has 3 rings (SSSR count). The van der Waals surface area contributed by atoms with E-state index in [1.54, 1.807) is 36.5 Å². The van der Waals surface area contributed by atoms with Gasteiger partial charge >= 0.3 is 0 Å². The quantitative estimate of drug-likeness (QED) is 0.849. The Kier molecular flexibility index (Phi) is 5.59. The first-order chi connectivity index (χ1) is 12.0. The van der Waals surface area contributed by atoms with Gasteiger partial charge in [0.25, 0.3) is 0 Å². The van der Waals surface area contributed by atoms with E-state index in [-0.39, 0.29) is 24.5 Å². The molecular formula is C19H28N2O4. The molecule has 6 nitrogen and oxygen atoms in total. The zero-order chi connectivity index (χ0) is 17.9. The summed E-state index contributed by atoms with van der Waals surface area (Å²) in [4.78, 5) is 18.2. The molecule has 0 aromatic carbocycles. The Hall–Kier alpha value is -1.66. The molecule has 0 radical (unpaired) electrons. The van der Waals surface area contributed by atoms with Crippen molar-refractivity contribution in [3.63, 3.8) is 0 Å². The maximum atomic E-state index is 12.6. The second-order valence-electron chi connectivity index (χ2n) is 7.45. The summed E-state index contributed by atoms with van der Waals surface area (Å²) in [5, 5.41) is 21.2. The van der Waals surface area contributed by atoms with E-state index in [1.807, 2.05) is 0 Å². The van der Waals surface area contributed by atoms with E-state index >= 15 is 0 Å². The average molecular weight is 348 g/mol. The van der Waals surface area contributed by atoms with Crippen molar-refractivity contribution in [3.8, 4) is 5.75 Å². The van der Waals surface area contributed by atoms with Gasteiger partial charge < -0.3 is 19.8 Å². The minimum absolute atomic E-state index is 0.101. The first kappa shape index (κ1) is 18.1. The van der Waals surface area contributed by atoms with Crippen LogP contribution in [-0.4, -0.2) is 56.9 Å². The van der Waals surface area contributed by atoms with Gasteiger partial charge in [-0.25, -0.2) is 0 Å². The lowest BCUT2D eigenvalue weighted by atomic mass is 9.82. The number of hydrogen-bond acceptors (Lipinski definition) is 5. The zero-order valence-electron chi connectivity index (χ0n) is 14.8. The van der Waals surface area contributed by atoms with Crippen molar-refractivity contribution < 1.29 is 19.7 Å². The summed E-state index contributed by atoms with van der Waals surface area (Å²) < 4.78 is 5.82.